The third kappa shape index (κ3) is 3.83. The van der Waals surface area contributed by atoms with Crippen molar-refractivity contribution in [3.63, 3.8) is 0 Å². The van der Waals surface area contributed by atoms with Crippen LogP contribution in [0.5, 0.6) is 0 Å². The van der Waals surface area contributed by atoms with Crippen molar-refractivity contribution in [2.75, 3.05) is 7.11 Å². The molecule has 1 aromatic carbocycles. The molecule has 1 aromatic rings. The smallest absolute Gasteiger partial charge is 0.0572 e. The Hall–Kier alpha value is -0.860. The van der Waals surface area contributed by atoms with E-state index in [0.717, 1.165) is 12.5 Å². The maximum Gasteiger partial charge on any atom is 0.0572 e. The van der Waals surface area contributed by atoms with Crippen LogP contribution in [-0.4, -0.2) is 7.11 Å². The lowest BCUT2D eigenvalue weighted by molar-refractivity contribution is 0.0867. The molecule has 2 nitrogen and oxygen atoms in total. The highest BCUT2D eigenvalue weighted by atomic mass is 16.6. The average Bonchev–Trinajstić information content (AvgIpc) is 2.66. The first-order chi connectivity index (χ1) is 8.40. The van der Waals surface area contributed by atoms with E-state index in [4.69, 9.17) is 4.84 Å². The van der Waals surface area contributed by atoms with Crippen molar-refractivity contribution >= 4 is 0 Å². The predicted molar refractivity (Wildman–Crippen MR) is 70.7 cm³/mol. The number of rotatable bonds is 4. The molecular formula is C15H23NO. The van der Waals surface area contributed by atoms with Crippen molar-refractivity contribution in [2.45, 2.75) is 51.0 Å². The van der Waals surface area contributed by atoms with Gasteiger partial charge in [0.1, 0.15) is 0 Å². The number of nitrogens with one attached hydrogen (secondary N) is 1. The lowest BCUT2D eigenvalue weighted by Crippen LogP contribution is -2.10. The van der Waals surface area contributed by atoms with Crippen molar-refractivity contribution in [2.24, 2.45) is 0 Å². The van der Waals surface area contributed by atoms with Crippen molar-refractivity contribution < 1.29 is 4.84 Å². The first-order valence-electron chi connectivity index (χ1n) is 6.75. The summed E-state index contributed by atoms with van der Waals surface area (Å²) in [6.07, 6.45) is 8.39. The molecule has 0 unspecified atom stereocenters. The van der Waals surface area contributed by atoms with Crippen LogP contribution in [0.3, 0.4) is 0 Å². The summed E-state index contributed by atoms with van der Waals surface area (Å²) in [5.41, 5.74) is 5.68. The Morgan fingerprint density at radius 2 is 1.71 bits per heavy atom. The number of benzene rings is 1. The Labute approximate surface area is 104 Å². The second-order valence-corrected chi connectivity index (χ2v) is 4.96. The molecule has 94 valence electrons. The minimum atomic E-state index is 0.779. The van der Waals surface area contributed by atoms with E-state index in [1.54, 1.807) is 7.11 Å². The third-order valence-corrected chi connectivity index (χ3v) is 3.73. The predicted octanol–water partition coefficient (Wildman–Crippen LogP) is 3.78. The fourth-order valence-corrected chi connectivity index (χ4v) is 2.68. The summed E-state index contributed by atoms with van der Waals surface area (Å²) in [7, 11) is 1.65. The second kappa shape index (κ2) is 6.77. The largest absolute Gasteiger partial charge is 0.305 e. The molecule has 1 N–H and O–H groups in total. The summed E-state index contributed by atoms with van der Waals surface area (Å²) in [6, 6.07) is 9.02. The van der Waals surface area contributed by atoms with Crippen LogP contribution in [-0.2, 0) is 11.4 Å². The van der Waals surface area contributed by atoms with Gasteiger partial charge in [-0.25, -0.2) is 0 Å². The molecule has 0 spiro atoms. The van der Waals surface area contributed by atoms with Gasteiger partial charge in [-0.05, 0) is 29.9 Å². The van der Waals surface area contributed by atoms with Crippen LogP contribution in [0.25, 0.3) is 0 Å². The summed E-state index contributed by atoms with van der Waals surface area (Å²) in [6.45, 7) is 0.779. The van der Waals surface area contributed by atoms with E-state index >= 15 is 0 Å². The van der Waals surface area contributed by atoms with Gasteiger partial charge in [-0.2, -0.15) is 5.48 Å². The summed E-state index contributed by atoms with van der Waals surface area (Å²) in [4.78, 5) is 4.86. The molecule has 0 atom stereocenters. The topological polar surface area (TPSA) is 21.3 Å². The third-order valence-electron chi connectivity index (χ3n) is 3.73. The van der Waals surface area contributed by atoms with E-state index in [9.17, 15) is 0 Å². The van der Waals surface area contributed by atoms with Crippen LogP contribution in [0.1, 0.15) is 55.6 Å². The summed E-state index contributed by atoms with van der Waals surface area (Å²) < 4.78 is 0. The molecule has 1 aliphatic rings. The van der Waals surface area contributed by atoms with Gasteiger partial charge in [0.25, 0.3) is 0 Å². The summed E-state index contributed by atoms with van der Waals surface area (Å²) in [5, 5.41) is 0. The fourth-order valence-electron chi connectivity index (χ4n) is 2.68. The highest BCUT2D eigenvalue weighted by Gasteiger charge is 2.13. The van der Waals surface area contributed by atoms with Gasteiger partial charge >= 0.3 is 0 Å². The van der Waals surface area contributed by atoms with Crippen molar-refractivity contribution in [1.29, 1.82) is 0 Å². The summed E-state index contributed by atoms with van der Waals surface area (Å²) in [5.74, 6) is 0.793. The maximum absolute atomic E-state index is 4.86. The minimum absolute atomic E-state index is 0.779. The molecule has 0 amide bonds. The molecule has 1 saturated carbocycles. The van der Waals surface area contributed by atoms with Crippen LogP contribution in [0, 0.1) is 0 Å². The lowest BCUT2D eigenvalue weighted by Gasteiger charge is -2.14. The van der Waals surface area contributed by atoms with Crippen molar-refractivity contribution in [1.82, 2.24) is 5.48 Å². The van der Waals surface area contributed by atoms with Gasteiger partial charge in [-0.15, -0.1) is 0 Å². The monoisotopic (exact) mass is 233 g/mol. The molecule has 1 aliphatic carbocycles. The molecule has 0 heterocycles. The van der Waals surface area contributed by atoms with Crippen molar-refractivity contribution in [3.05, 3.63) is 35.4 Å². The molecule has 17 heavy (non-hydrogen) atoms. The Morgan fingerprint density at radius 3 is 2.29 bits per heavy atom. The fraction of sp³-hybridized carbons (Fsp3) is 0.600. The highest BCUT2D eigenvalue weighted by molar-refractivity contribution is 5.25. The SMILES string of the molecule is CONCc1ccc(C2CCCCCC2)cc1. The highest BCUT2D eigenvalue weighted by Crippen LogP contribution is 2.31. The molecule has 0 bridgehead atoms. The van der Waals surface area contributed by atoms with Gasteiger partial charge in [-0.3, -0.25) is 0 Å². The Balaban J connectivity index is 1.96. The second-order valence-electron chi connectivity index (χ2n) is 4.96. The molecule has 0 aliphatic heterocycles. The standard InChI is InChI=1S/C15H23NO/c1-17-16-12-13-8-10-15(11-9-13)14-6-4-2-3-5-7-14/h8-11,14,16H,2-7,12H2,1H3. The lowest BCUT2D eigenvalue weighted by atomic mass is 9.91. The minimum Gasteiger partial charge on any atom is -0.305 e. The van der Waals surface area contributed by atoms with Crippen LogP contribution >= 0.6 is 0 Å². The van der Waals surface area contributed by atoms with Crippen LogP contribution < -0.4 is 5.48 Å². The number of hydroxylamine groups is 1. The molecule has 0 saturated heterocycles. The van der Waals surface area contributed by atoms with Crippen LogP contribution in [0.4, 0.5) is 0 Å². The summed E-state index contributed by atoms with van der Waals surface area (Å²) >= 11 is 0. The van der Waals surface area contributed by atoms with E-state index in [1.807, 2.05) is 0 Å². The number of hydrogen-bond acceptors (Lipinski definition) is 2. The first kappa shape index (κ1) is 12.6. The zero-order chi connectivity index (χ0) is 11.9. The van der Waals surface area contributed by atoms with Gasteiger partial charge in [0.15, 0.2) is 0 Å². The maximum atomic E-state index is 4.86. The van der Waals surface area contributed by atoms with Gasteiger partial charge in [-0.1, -0.05) is 49.9 Å². The average molecular weight is 233 g/mol. The van der Waals surface area contributed by atoms with Gasteiger partial charge in [0.05, 0.1) is 7.11 Å². The first-order valence-corrected chi connectivity index (χ1v) is 6.75. The van der Waals surface area contributed by atoms with E-state index in [0.29, 0.717) is 0 Å². The van der Waals surface area contributed by atoms with E-state index < -0.39 is 0 Å². The quantitative estimate of drug-likeness (QED) is 0.631. The molecule has 2 rings (SSSR count). The molecule has 0 aromatic heterocycles. The molecule has 2 heteroatoms. The Bertz CT molecular complexity index is 312. The Kier molecular flexibility index (Phi) is 5.02. The zero-order valence-corrected chi connectivity index (χ0v) is 10.7. The number of hydrogen-bond donors (Lipinski definition) is 1. The molecule has 0 radical (unpaired) electrons. The molecular weight excluding hydrogens is 210 g/mol. The van der Waals surface area contributed by atoms with E-state index in [2.05, 4.69) is 29.7 Å². The Morgan fingerprint density at radius 1 is 1.06 bits per heavy atom. The molecule has 1 fully saturated rings. The van der Waals surface area contributed by atoms with Gasteiger partial charge < -0.3 is 4.84 Å². The normalized spacial score (nSPS) is 17.9. The van der Waals surface area contributed by atoms with E-state index in [-0.39, 0.29) is 0 Å². The zero-order valence-electron chi connectivity index (χ0n) is 10.7. The van der Waals surface area contributed by atoms with Crippen molar-refractivity contribution in [3.8, 4) is 0 Å². The van der Waals surface area contributed by atoms with Crippen LogP contribution in [0.15, 0.2) is 24.3 Å². The van der Waals surface area contributed by atoms with Crippen LogP contribution in [0.2, 0.25) is 0 Å². The van der Waals surface area contributed by atoms with Gasteiger partial charge in [0, 0.05) is 6.54 Å². The van der Waals surface area contributed by atoms with Gasteiger partial charge in [0.2, 0.25) is 0 Å². The van der Waals surface area contributed by atoms with E-state index in [1.165, 1.54) is 49.7 Å².